The number of nitrogens with one attached hydrogen (secondary N) is 1. The molecule has 0 aromatic heterocycles. The molecular formula is C18H37IN4. The van der Waals surface area contributed by atoms with Crippen LogP contribution >= 0.6 is 24.0 Å². The Morgan fingerprint density at radius 3 is 2.39 bits per heavy atom. The van der Waals surface area contributed by atoms with Crippen molar-refractivity contribution in [3.63, 3.8) is 0 Å². The van der Waals surface area contributed by atoms with Crippen molar-refractivity contribution in [2.24, 2.45) is 16.3 Å². The van der Waals surface area contributed by atoms with Crippen molar-refractivity contribution in [1.82, 2.24) is 15.1 Å². The van der Waals surface area contributed by atoms with Crippen molar-refractivity contribution in [2.45, 2.75) is 66.0 Å². The molecule has 1 N–H and O–H groups in total. The highest BCUT2D eigenvalue weighted by atomic mass is 127. The molecular weight excluding hydrogens is 399 g/mol. The van der Waals surface area contributed by atoms with Crippen molar-refractivity contribution in [1.29, 1.82) is 0 Å². The molecule has 0 aromatic rings. The van der Waals surface area contributed by atoms with Crippen molar-refractivity contribution < 1.29 is 0 Å². The number of nitrogens with zero attached hydrogens (tertiary/aromatic N) is 3. The Bertz CT molecular complexity index is 417. The predicted molar refractivity (Wildman–Crippen MR) is 111 cm³/mol. The van der Waals surface area contributed by atoms with Gasteiger partial charge in [0.15, 0.2) is 5.96 Å². The van der Waals surface area contributed by atoms with Crippen LogP contribution in [0.4, 0.5) is 0 Å². The fourth-order valence-electron chi connectivity index (χ4n) is 3.66. The first-order valence-electron chi connectivity index (χ1n) is 8.91. The Morgan fingerprint density at radius 2 is 1.91 bits per heavy atom. The van der Waals surface area contributed by atoms with Crippen LogP contribution in [0.3, 0.4) is 0 Å². The van der Waals surface area contributed by atoms with E-state index in [0.29, 0.717) is 11.5 Å². The standard InChI is InChI=1S/C18H36N4.HI/c1-14(2)21-10-8-9-15(12-21)11-20-16(19-7)22-13-17(3,4)18(22,5)6;/h14-15H,8-13H2,1-7H3,(H,19,20);1H. The Morgan fingerprint density at radius 1 is 1.26 bits per heavy atom. The summed E-state index contributed by atoms with van der Waals surface area (Å²) in [6, 6.07) is 0.664. The lowest BCUT2D eigenvalue weighted by Gasteiger charge is -2.62. The molecule has 1 atom stereocenters. The minimum Gasteiger partial charge on any atom is -0.356 e. The quantitative estimate of drug-likeness (QED) is 0.418. The predicted octanol–water partition coefficient (Wildman–Crippen LogP) is 3.42. The number of likely N-dealkylation sites (tertiary alicyclic amines) is 2. The van der Waals surface area contributed by atoms with Crippen LogP contribution in [-0.2, 0) is 0 Å². The van der Waals surface area contributed by atoms with Crippen LogP contribution in [0.15, 0.2) is 4.99 Å². The third-order valence-electron chi connectivity index (χ3n) is 6.18. The van der Waals surface area contributed by atoms with E-state index in [2.05, 4.69) is 61.7 Å². The largest absolute Gasteiger partial charge is 0.356 e. The molecule has 0 bridgehead atoms. The van der Waals surface area contributed by atoms with Gasteiger partial charge >= 0.3 is 0 Å². The van der Waals surface area contributed by atoms with Crippen molar-refractivity contribution in [2.75, 3.05) is 33.2 Å². The zero-order valence-corrected chi connectivity index (χ0v) is 18.5. The zero-order valence-electron chi connectivity index (χ0n) is 16.1. The number of guanidine groups is 1. The zero-order chi connectivity index (χ0) is 16.5. The van der Waals surface area contributed by atoms with Crippen LogP contribution < -0.4 is 5.32 Å². The molecule has 0 amide bonds. The Balaban J connectivity index is 0.00000264. The maximum absolute atomic E-state index is 4.53. The molecule has 2 rings (SSSR count). The van der Waals surface area contributed by atoms with Crippen molar-refractivity contribution >= 4 is 29.9 Å². The van der Waals surface area contributed by atoms with Gasteiger partial charge in [-0.15, -0.1) is 24.0 Å². The molecule has 0 saturated carbocycles. The van der Waals surface area contributed by atoms with Gasteiger partial charge in [0.2, 0.25) is 0 Å². The first-order valence-corrected chi connectivity index (χ1v) is 8.91. The monoisotopic (exact) mass is 436 g/mol. The molecule has 2 heterocycles. The first-order chi connectivity index (χ1) is 10.2. The van der Waals surface area contributed by atoms with E-state index >= 15 is 0 Å². The molecule has 2 aliphatic heterocycles. The molecule has 23 heavy (non-hydrogen) atoms. The molecule has 136 valence electrons. The normalized spacial score (nSPS) is 27.4. The highest BCUT2D eigenvalue weighted by molar-refractivity contribution is 14.0. The Kier molecular flexibility index (Phi) is 7.21. The SMILES string of the molecule is CN=C(NCC1CCCN(C(C)C)C1)N1CC(C)(C)C1(C)C.I. The summed E-state index contributed by atoms with van der Waals surface area (Å²) in [7, 11) is 1.91. The summed E-state index contributed by atoms with van der Waals surface area (Å²) in [4.78, 5) is 9.56. The van der Waals surface area contributed by atoms with Gasteiger partial charge in [0.25, 0.3) is 0 Å². The van der Waals surface area contributed by atoms with E-state index in [0.717, 1.165) is 25.0 Å². The molecule has 0 spiro atoms. The molecule has 2 fully saturated rings. The minimum absolute atomic E-state index is 0. The average Bonchev–Trinajstić information content (AvgIpc) is 2.47. The number of halogens is 1. The average molecular weight is 436 g/mol. The van der Waals surface area contributed by atoms with Crippen molar-refractivity contribution in [3.8, 4) is 0 Å². The van der Waals surface area contributed by atoms with E-state index in [4.69, 9.17) is 0 Å². The van der Waals surface area contributed by atoms with Crippen LogP contribution in [0.5, 0.6) is 0 Å². The summed E-state index contributed by atoms with van der Waals surface area (Å²) in [6.07, 6.45) is 2.66. The molecule has 0 radical (unpaired) electrons. The van der Waals surface area contributed by atoms with Crippen LogP contribution in [0, 0.1) is 11.3 Å². The first kappa shape index (κ1) is 21.0. The fraction of sp³-hybridized carbons (Fsp3) is 0.944. The Labute approximate surface area is 160 Å². The molecule has 2 saturated heterocycles. The number of hydrogen-bond acceptors (Lipinski definition) is 2. The molecule has 0 aliphatic carbocycles. The lowest BCUT2D eigenvalue weighted by atomic mass is 9.65. The topological polar surface area (TPSA) is 30.9 Å². The third kappa shape index (κ3) is 4.33. The second-order valence-corrected chi connectivity index (χ2v) is 8.55. The fourth-order valence-corrected chi connectivity index (χ4v) is 3.66. The van der Waals surface area contributed by atoms with Gasteiger partial charge in [-0.2, -0.15) is 0 Å². The van der Waals surface area contributed by atoms with E-state index in [1.54, 1.807) is 0 Å². The maximum Gasteiger partial charge on any atom is 0.194 e. The van der Waals surface area contributed by atoms with Gasteiger partial charge in [0.1, 0.15) is 0 Å². The summed E-state index contributed by atoms with van der Waals surface area (Å²) in [6.45, 7) is 18.6. The molecule has 1 unspecified atom stereocenters. The van der Waals surface area contributed by atoms with Gasteiger partial charge in [0, 0.05) is 43.7 Å². The van der Waals surface area contributed by atoms with E-state index in [9.17, 15) is 0 Å². The van der Waals surface area contributed by atoms with E-state index < -0.39 is 0 Å². The molecule has 0 aromatic carbocycles. The second kappa shape index (κ2) is 7.89. The highest BCUT2D eigenvalue weighted by Gasteiger charge is 2.53. The lowest BCUT2D eigenvalue weighted by Crippen LogP contribution is -2.72. The number of hydrogen-bond donors (Lipinski definition) is 1. The van der Waals surface area contributed by atoms with Crippen LogP contribution in [-0.4, -0.2) is 60.6 Å². The number of rotatable bonds is 3. The summed E-state index contributed by atoms with van der Waals surface area (Å²) < 4.78 is 0. The smallest absolute Gasteiger partial charge is 0.194 e. The van der Waals surface area contributed by atoms with Gasteiger partial charge in [-0.1, -0.05) is 13.8 Å². The van der Waals surface area contributed by atoms with Crippen molar-refractivity contribution in [3.05, 3.63) is 0 Å². The van der Waals surface area contributed by atoms with Gasteiger partial charge in [-0.05, 0) is 53.0 Å². The molecule has 5 heteroatoms. The van der Waals surface area contributed by atoms with Gasteiger partial charge < -0.3 is 15.1 Å². The summed E-state index contributed by atoms with van der Waals surface area (Å²) in [5.74, 6) is 1.82. The third-order valence-corrected chi connectivity index (χ3v) is 6.18. The van der Waals surface area contributed by atoms with E-state index in [-0.39, 0.29) is 29.5 Å². The minimum atomic E-state index is 0. The van der Waals surface area contributed by atoms with E-state index in [1.807, 2.05) is 7.05 Å². The second-order valence-electron chi connectivity index (χ2n) is 8.55. The van der Waals surface area contributed by atoms with Crippen LogP contribution in [0.25, 0.3) is 0 Å². The van der Waals surface area contributed by atoms with Gasteiger partial charge in [-0.3, -0.25) is 4.99 Å². The Hall–Kier alpha value is -0.0400. The highest BCUT2D eigenvalue weighted by Crippen LogP contribution is 2.46. The summed E-state index contributed by atoms with van der Waals surface area (Å²) >= 11 is 0. The number of piperidine rings is 1. The maximum atomic E-state index is 4.53. The number of aliphatic imine (C=N–C) groups is 1. The summed E-state index contributed by atoms with van der Waals surface area (Å²) in [5, 5.41) is 3.64. The molecule has 4 nitrogen and oxygen atoms in total. The van der Waals surface area contributed by atoms with Crippen LogP contribution in [0.1, 0.15) is 54.4 Å². The van der Waals surface area contributed by atoms with E-state index in [1.165, 1.54) is 25.9 Å². The lowest BCUT2D eigenvalue weighted by molar-refractivity contribution is -0.0669. The van der Waals surface area contributed by atoms with Gasteiger partial charge in [-0.25, -0.2) is 0 Å². The van der Waals surface area contributed by atoms with Gasteiger partial charge in [0.05, 0.1) is 0 Å². The van der Waals surface area contributed by atoms with Crippen LogP contribution in [0.2, 0.25) is 0 Å². The molecule has 2 aliphatic rings. The summed E-state index contributed by atoms with van der Waals surface area (Å²) in [5.41, 5.74) is 0.523.